The molecule has 0 radical (unpaired) electrons. The lowest BCUT2D eigenvalue weighted by Gasteiger charge is -2.35. The van der Waals surface area contributed by atoms with Gasteiger partial charge in [-0.15, -0.1) is 24.8 Å². The van der Waals surface area contributed by atoms with Gasteiger partial charge in [-0.2, -0.15) is 0 Å². The Kier molecular flexibility index (Phi) is 14.4. The fourth-order valence-corrected chi connectivity index (χ4v) is 6.81. The van der Waals surface area contributed by atoms with Crippen LogP contribution in [-0.4, -0.2) is 50.9 Å². The van der Waals surface area contributed by atoms with Gasteiger partial charge in [-0.1, -0.05) is 60.7 Å². The number of carbonyl (C=O) groups is 2. The zero-order valence-electron chi connectivity index (χ0n) is 29.0. The summed E-state index contributed by atoms with van der Waals surface area (Å²) in [5.41, 5.74) is 11.5. The predicted molar refractivity (Wildman–Crippen MR) is 213 cm³/mol. The molecule has 1 aliphatic carbocycles. The summed E-state index contributed by atoms with van der Waals surface area (Å²) in [6, 6.07) is 28.9. The van der Waals surface area contributed by atoms with E-state index < -0.39 is 12.2 Å². The van der Waals surface area contributed by atoms with Crippen molar-refractivity contribution in [2.45, 2.75) is 63.3 Å². The number of nitrogens with two attached hydrogens (primary N) is 1. The lowest BCUT2D eigenvalue weighted by molar-refractivity contribution is -0.116. The highest BCUT2D eigenvalue weighted by molar-refractivity contribution is 5.94. The van der Waals surface area contributed by atoms with Gasteiger partial charge in [0.25, 0.3) is 0 Å². The number of aromatic amines is 1. The molecule has 0 aliphatic heterocycles. The number of hydrogen-bond acceptors (Lipinski definition) is 7. The number of carboxylic acid groups (broad SMARTS) is 1. The molecule has 280 valence electrons. The summed E-state index contributed by atoms with van der Waals surface area (Å²) < 4.78 is 0. The third kappa shape index (κ3) is 10.2. The van der Waals surface area contributed by atoms with Crippen LogP contribution in [0.25, 0.3) is 22.0 Å². The third-order valence-electron chi connectivity index (χ3n) is 9.53. The molecule has 5 aromatic rings. The van der Waals surface area contributed by atoms with E-state index in [1.54, 1.807) is 12.1 Å². The smallest absolute Gasteiger partial charge is 0.412 e. The molecule has 11 nitrogen and oxygen atoms in total. The number of anilines is 2. The fraction of sp³-hybridized carbons (Fsp3) is 0.275. The number of hydrogen-bond donors (Lipinski definition) is 7. The van der Waals surface area contributed by atoms with Crippen LogP contribution >= 0.6 is 24.8 Å². The van der Waals surface area contributed by atoms with Gasteiger partial charge in [-0.25, -0.2) is 4.79 Å². The van der Waals surface area contributed by atoms with E-state index in [9.17, 15) is 29.7 Å². The number of aromatic nitrogens is 1. The molecule has 1 saturated carbocycles. The fourth-order valence-electron chi connectivity index (χ4n) is 6.81. The molecule has 1 fully saturated rings. The summed E-state index contributed by atoms with van der Waals surface area (Å²) in [6.07, 6.45) is 1.74. The van der Waals surface area contributed by atoms with Crippen molar-refractivity contribution in [3.05, 3.63) is 124 Å². The van der Waals surface area contributed by atoms with Crippen molar-refractivity contribution in [3.63, 3.8) is 0 Å². The van der Waals surface area contributed by atoms with E-state index in [1.807, 2.05) is 72.8 Å². The molecule has 1 heterocycles. The van der Waals surface area contributed by atoms with Gasteiger partial charge >= 0.3 is 6.09 Å². The molecule has 6 rings (SSSR count). The first kappa shape index (κ1) is 40.9. The standard InChI is InChI=1S/C40H43N5O6.2ClH/c41-28-10-14-30(15-11-28)45(40(50)51)34-22-25(8-16-31(34)27-4-2-1-3-5-27)9-20-37(48)43-29-12-6-26(7-13-29)23-42-24-36(47)32-17-19-35(46)39-33(32)18-21-38(49)44-39;;/h1-8,12-13,16-19,21-22,28,30,36,42,46-47H,9-11,14-15,20,23-24,41H2,(H,43,48)(H,44,49)(H,50,51);2*1H/t28?,30?,36-;;/m0../s1. The van der Waals surface area contributed by atoms with E-state index >= 15 is 0 Å². The highest BCUT2D eigenvalue weighted by Gasteiger charge is 2.30. The summed E-state index contributed by atoms with van der Waals surface area (Å²) >= 11 is 0. The van der Waals surface area contributed by atoms with Gasteiger partial charge in [0, 0.05) is 54.3 Å². The number of aryl methyl sites for hydroxylation is 1. The first-order valence-electron chi connectivity index (χ1n) is 17.2. The zero-order valence-corrected chi connectivity index (χ0v) is 30.7. The molecular formula is C40H45Cl2N5O6. The van der Waals surface area contributed by atoms with Crippen molar-refractivity contribution in [1.29, 1.82) is 0 Å². The number of amides is 2. The van der Waals surface area contributed by atoms with E-state index in [0.29, 0.717) is 48.1 Å². The average molecular weight is 763 g/mol. The second-order valence-electron chi connectivity index (χ2n) is 13.1. The predicted octanol–water partition coefficient (Wildman–Crippen LogP) is 6.89. The number of aliphatic hydroxyl groups excluding tert-OH is 1. The Balaban J connectivity index is 0.00000314. The maximum absolute atomic E-state index is 13.0. The maximum atomic E-state index is 13.0. The number of phenols is 1. The monoisotopic (exact) mass is 761 g/mol. The van der Waals surface area contributed by atoms with Crippen LogP contribution < -0.4 is 26.8 Å². The van der Waals surface area contributed by atoms with Crippen LogP contribution in [0.1, 0.15) is 54.9 Å². The van der Waals surface area contributed by atoms with Crippen molar-refractivity contribution in [2.24, 2.45) is 5.73 Å². The molecule has 1 aromatic heterocycles. The Morgan fingerprint density at radius 3 is 2.28 bits per heavy atom. The molecule has 0 saturated heterocycles. The Bertz CT molecular complexity index is 2050. The molecule has 1 aliphatic rings. The number of phenolic OH excluding ortho intramolecular Hbond substituents is 1. The van der Waals surface area contributed by atoms with E-state index in [1.165, 1.54) is 17.0 Å². The summed E-state index contributed by atoms with van der Waals surface area (Å²) in [4.78, 5) is 41.4. The molecule has 8 N–H and O–H groups in total. The van der Waals surface area contributed by atoms with Crippen molar-refractivity contribution in [1.82, 2.24) is 10.3 Å². The van der Waals surface area contributed by atoms with Crippen LogP contribution in [0, 0.1) is 0 Å². The van der Waals surface area contributed by atoms with Gasteiger partial charge in [0.2, 0.25) is 11.5 Å². The molecule has 53 heavy (non-hydrogen) atoms. The van der Waals surface area contributed by atoms with Gasteiger partial charge in [0.15, 0.2) is 0 Å². The lowest BCUT2D eigenvalue weighted by atomic mass is 9.89. The van der Waals surface area contributed by atoms with Crippen LogP contribution in [0.3, 0.4) is 0 Å². The Hall–Kier alpha value is -4.91. The summed E-state index contributed by atoms with van der Waals surface area (Å²) in [5, 5.41) is 38.0. The summed E-state index contributed by atoms with van der Waals surface area (Å²) in [6.45, 7) is 0.713. The first-order chi connectivity index (χ1) is 24.7. The molecule has 13 heteroatoms. The van der Waals surface area contributed by atoms with E-state index in [-0.39, 0.29) is 72.6 Å². The number of halogens is 2. The topological polar surface area (TPSA) is 181 Å². The van der Waals surface area contributed by atoms with Crippen LogP contribution in [0.4, 0.5) is 16.2 Å². The molecule has 1 atom stereocenters. The number of benzene rings is 4. The van der Waals surface area contributed by atoms with Gasteiger partial charge in [-0.3, -0.25) is 14.5 Å². The number of nitrogens with one attached hydrogen (secondary N) is 3. The maximum Gasteiger partial charge on any atom is 0.412 e. The normalized spacial score (nSPS) is 15.8. The molecule has 0 spiro atoms. The number of H-pyrrole nitrogens is 1. The third-order valence-corrected chi connectivity index (χ3v) is 9.53. The molecule has 2 amide bonds. The minimum atomic E-state index is -0.998. The van der Waals surface area contributed by atoms with E-state index in [2.05, 4.69) is 15.6 Å². The minimum absolute atomic E-state index is 0. The van der Waals surface area contributed by atoms with Crippen molar-refractivity contribution >= 4 is 59.1 Å². The minimum Gasteiger partial charge on any atom is -0.506 e. The number of rotatable bonds is 12. The Morgan fingerprint density at radius 2 is 1.58 bits per heavy atom. The summed E-state index contributed by atoms with van der Waals surface area (Å²) in [7, 11) is 0. The summed E-state index contributed by atoms with van der Waals surface area (Å²) in [5.74, 6) is -0.217. The highest BCUT2D eigenvalue weighted by atomic mass is 35.5. The van der Waals surface area contributed by atoms with Gasteiger partial charge < -0.3 is 36.7 Å². The van der Waals surface area contributed by atoms with E-state index in [4.69, 9.17) is 5.73 Å². The number of nitrogens with zero attached hydrogens (tertiary/aromatic N) is 1. The average Bonchev–Trinajstić information content (AvgIpc) is 3.13. The lowest BCUT2D eigenvalue weighted by Crippen LogP contribution is -2.44. The quantitative estimate of drug-likeness (QED) is 0.0718. The van der Waals surface area contributed by atoms with Crippen molar-refractivity contribution in [2.75, 3.05) is 16.8 Å². The molecule has 0 bridgehead atoms. The van der Waals surface area contributed by atoms with Crippen molar-refractivity contribution in [3.8, 4) is 16.9 Å². The number of pyridine rings is 1. The molecule has 0 unspecified atom stereocenters. The van der Waals surface area contributed by atoms with E-state index in [0.717, 1.165) is 35.1 Å². The van der Waals surface area contributed by atoms with Crippen LogP contribution in [0.5, 0.6) is 5.75 Å². The zero-order chi connectivity index (χ0) is 35.9. The van der Waals surface area contributed by atoms with Gasteiger partial charge in [0.1, 0.15) is 5.75 Å². The van der Waals surface area contributed by atoms with Crippen LogP contribution in [0.2, 0.25) is 0 Å². The van der Waals surface area contributed by atoms with Crippen LogP contribution in [-0.2, 0) is 17.8 Å². The molecular weight excluding hydrogens is 717 g/mol. The Morgan fingerprint density at radius 1 is 0.887 bits per heavy atom. The molecule has 4 aromatic carbocycles. The Labute approximate surface area is 320 Å². The van der Waals surface area contributed by atoms with Crippen molar-refractivity contribution < 1.29 is 24.9 Å². The van der Waals surface area contributed by atoms with Gasteiger partial charge in [0.05, 0.1) is 17.3 Å². The number of aliphatic hydroxyl groups is 1. The largest absolute Gasteiger partial charge is 0.506 e. The second-order valence-corrected chi connectivity index (χ2v) is 13.1. The number of carbonyl (C=O) groups excluding carboxylic acids is 1. The van der Waals surface area contributed by atoms with Crippen LogP contribution in [0.15, 0.2) is 102 Å². The number of fused-ring (bicyclic) bond motifs is 1. The number of aromatic hydroxyl groups is 1. The highest BCUT2D eigenvalue weighted by Crippen LogP contribution is 2.36. The first-order valence-corrected chi connectivity index (χ1v) is 17.2. The second kappa shape index (κ2) is 18.7. The SMILES string of the molecule is Cl.Cl.NC1CCC(N(C(=O)O)c2cc(CCC(=O)Nc3ccc(CNC[C@H](O)c4ccc(O)c5[nH]c(=O)ccc45)cc3)ccc2-c2ccccc2)CC1. The van der Waals surface area contributed by atoms with Gasteiger partial charge in [-0.05, 0) is 84.7 Å².